The Morgan fingerprint density at radius 3 is 1.93 bits per heavy atom. The highest BCUT2D eigenvalue weighted by Crippen LogP contribution is 2.20. The van der Waals surface area contributed by atoms with Crippen molar-refractivity contribution < 1.29 is 22.7 Å². The molecule has 2 nitrogen and oxygen atoms in total. The number of carbonyl (C=O) groups excluding carboxylic acids is 1. The van der Waals surface area contributed by atoms with Crippen LogP contribution in [0.15, 0.2) is 0 Å². The molecule has 0 heterocycles. The summed E-state index contributed by atoms with van der Waals surface area (Å²) in [6.45, 7) is 3.67. The average Bonchev–Trinajstić information content (AvgIpc) is 2.03. The summed E-state index contributed by atoms with van der Waals surface area (Å²) in [4.78, 5) is 10.5. The molecule has 0 aliphatic carbocycles. The Labute approximate surface area is 81.4 Å². The summed E-state index contributed by atoms with van der Waals surface area (Å²) in [5.74, 6) is -2.08. The maximum Gasteiger partial charge on any atom is 0.490 e. The van der Waals surface area contributed by atoms with Gasteiger partial charge in [-0.15, -0.1) is 0 Å². The van der Waals surface area contributed by atoms with Crippen molar-refractivity contribution in [2.75, 3.05) is 0 Å². The molecule has 0 saturated carbocycles. The van der Waals surface area contributed by atoms with Crippen molar-refractivity contribution in [2.24, 2.45) is 0 Å². The van der Waals surface area contributed by atoms with Crippen molar-refractivity contribution >= 4 is 5.97 Å². The average molecular weight is 212 g/mol. The van der Waals surface area contributed by atoms with E-state index in [1.807, 2.05) is 13.8 Å². The van der Waals surface area contributed by atoms with E-state index in [1.54, 1.807) is 0 Å². The second-order valence-electron chi connectivity index (χ2n) is 3.10. The number of esters is 1. The number of hydrogen-bond acceptors (Lipinski definition) is 2. The van der Waals surface area contributed by atoms with Gasteiger partial charge in [0.05, 0.1) is 0 Å². The third-order valence-corrected chi connectivity index (χ3v) is 1.73. The van der Waals surface area contributed by atoms with E-state index in [1.165, 1.54) is 0 Å². The first-order valence-corrected chi connectivity index (χ1v) is 4.69. The fourth-order valence-electron chi connectivity index (χ4n) is 1.12. The van der Waals surface area contributed by atoms with Crippen LogP contribution < -0.4 is 0 Å². The summed E-state index contributed by atoms with van der Waals surface area (Å²) in [5.41, 5.74) is 0. The van der Waals surface area contributed by atoms with Gasteiger partial charge in [0.2, 0.25) is 0 Å². The fraction of sp³-hybridized carbons (Fsp3) is 0.889. The van der Waals surface area contributed by atoms with Gasteiger partial charge in [0.1, 0.15) is 6.10 Å². The molecular formula is C9H15F3O2. The van der Waals surface area contributed by atoms with E-state index in [0.717, 1.165) is 0 Å². The van der Waals surface area contributed by atoms with Crippen molar-refractivity contribution in [3.63, 3.8) is 0 Å². The number of hydrogen-bond donors (Lipinski definition) is 0. The minimum Gasteiger partial charge on any atom is -0.456 e. The fourth-order valence-corrected chi connectivity index (χ4v) is 1.12. The van der Waals surface area contributed by atoms with Crippen LogP contribution in [0.25, 0.3) is 0 Å². The molecule has 0 aromatic heterocycles. The van der Waals surface area contributed by atoms with E-state index in [4.69, 9.17) is 0 Å². The Morgan fingerprint density at radius 1 is 1.21 bits per heavy atom. The van der Waals surface area contributed by atoms with E-state index < -0.39 is 18.2 Å². The Morgan fingerprint density at radius 2 is 1.64 bits per heavy atom. The lowest BCUT2D eigenvalue weighted by atomic mass is 10.1. The summed E-state index contributed by atoms with van der Waals surface area (Å²) in [6.07, 6.45) is -3.10. The monoisotopic (exact) mass is 212 g/mol. The summed E-state index contributed by atoms with van der Waals surface area (Å²) in [6, 6.07) is 0. The summed E-state index contributed by atoms with van der Waals surface area (Å²) in [7, 11) is 0. The molecule has 0 aliphatic heterocycles. The largest absolute Gasteiger partial charge is 0.490 e. The molecule has 5 heteroatoms. The lowest BCUT2D eigenvalue weighted by molar-refractivity contribution is -0.205. The minimum absolute atomic E-state index is 0.482. The summed E-state index contributed by atoms with van der Waals surface area (Å²) in [5, 5.41) is 0. The van der Waals surface area contributed by atoms with E-state index in [2.05, 4.69) is 4.74 Å². The summed E-state index contributed by atoms with van der Waals surface area (Å²) < 4.78 is 39.8. The van der Waals surface area contributed by atoms with Gasteiger partial charge >= 0.3 is 12.1 Å². The molecule has 0 aliphatic rings. The van der Waals surface area contributed by atoms with Crippen LogP contribution in [0, 0.1) is 0 Å². The molecule has 0 fully saturated rings. The smallest absolute Gasteiger partial charge is 0.456 e. The van der Waals surface area contributed by atoms with E-state index >= 15 is 0 Å². The third kappa shape index (κ3) is 5.09. The number of alkyl halides is 3. The molecule has 0 aromatic rings. The molecular weight excluding hydrogens is 197 g/mol. The molecule has 0 amide bonds. The summed E-state index contributed by atoms with van der Waals surface area (Å²) >= 11 is 0. The normalized spacial score (nSPS) is 11.9. The van der Waals surface area contributed by atoms with Gasteiger partial charge in [-0.1, -0.05) is 26.7 Å². The number of rotatable bonds is 5. The van der Waals surface area contributed by atoms with Gasteiger partial charge in [0.25, 0.3) is 0 Å². The predicted molar refractivity (Wildman–Crippen MR) is 45.8 cm³/mol. The maximum atomic E-state index is 11.8. The molecule has 0 aromatic carbocycles. The third-order valence-electron chi connectivity index (χ3n) is 1.73. The zero-order chi connectivity index (χ0) is 11.2. The number of carbonyl (C=O) groups is 1. The van der Waals surface area contributed by atoms with Crippen LogP contribution in [-0.4, -0.2) is 18.2 Å². The molecule has 0 radical (unpaired) electrons. The van der Waals surface area contributed by atoms with E-state index in [-0.39, 0.29) is 0 Å². The Hall–Kier alpha value is -0.740. The zero-order valence-corrected chi connectivity index (χ0v) is 8.36. The van der Waals surface area contributed by atoms with Crippen LogP contribution >= 0.6 is 0 Å². The van der Waals surface area contributed by atoms with Gasteiger partial charge in [0, 0.05) is 0 Å². The van der Waals surface area contributed by atoms with Gasteiger partial charge in [-0.05, 0) is 12.8 Å². The Kier molecular flexibility index (Phi) is 5.57. The highest BCUT2D eigenvalue weighted by atomic mass is 19.4. The molecule has 84 valence electrons. The molecule has 0 N–H and O–H groups in total. The first-order valence-electron chi connectivity index (χ1n) is 4.69. The molecule has 0 atom stereocenters. The molecule has 0 rings (SSSR count). The van der Waals surface area contributed by atoms with E-state index in [0.29, 0.717) is 25.7 Å². The first kappa shape index (κ1) is 13.3. The van der Waals surface area contributed by atoms with Gasteiger partial charge in [-0.25, -0.2) is 4.79 Å². The predicted octanol–water partition coefficient (Wildman–Crippen LogP) is 3.06. The Bertz CT molecular complexity index is 171. The molecule has 14 heavy (non-hydrogen) atoms. The SMILES string of the molecule is CCCC(CCC)OC(=O)C(F)(F)F. The maximum absolute atomic E-state index is 11.8. The Balaban J connectivity index is 4.08. The van der Waals surface area contributed by atoms with Crippen molar-refractivity contribution in [2.45, 2.75) is 51.8 Å². The van der Waals surface area contributed by atoms with Crippen molar-refractivity contribution in [3.8, 4) is 0 Å². The molecule has 0 bridgehead atoms. The zero-order valence-electron chi connectivity index (χ0n) is 8.36. The van der Waals surface area contributed by atoms with Gasteiger partial charge < -0.3 is 4.74 Å². The lowest BCUT2D eigenvalue weighted by Gasteiger charge is -2.17. The van der Waals surface area contributed by atoms with Crippen LogP contribution in [0.2, 0.25) is 0 Å². The number of halogens is 3. The molecule has 0 spiro atoms. The van der Waals surface area contributed by atoms with E-state index in [9.17, 15) is 18.0 Å². The minimum atomic E-state index is -4.88. The standard InChI is InChI=1S/C9H15F3O2/c1-3-5-7(6-4-2)14-8(13)9(10,11)12/h7H,3-6H2,1-2H3. The molecule has 0 saturated heterocycles. The van der Waals surface area contributed by atoms with Crippen LogP contribution in [0.4, 0.5) is 13.2 Å². The highest BCUT2D eigenvalue weighted by Gasteiger charge is 2.41. The number of ether oxygens (including phenoxy) is 1. The second kappa shape index (κ2) is 5.88. The highest BCUT2D eigenvalue weighted by molar-refractivity contribution is 5.75. The lowest BCUT2D eigenvalue weighted by Crippen LogP contribution is -2.30. The quantitative estimate of drug-likeness (QED) is 0.654. The van der Waals surface area contributed by atoms with Gasteiger partial charge in [0.15, 0.2) is 0 Å². The van der Waals surface area contributed by atoms with Crippen molar-refractivity contribution in [1.82, 2.24) is 0 Å². The first-order chi connectivity index (χ1) is 6.41. The van der Waals surface area contributed by atoms with Crippen LogP contribution in [0.1, 0.15) is 39.5 Å². The molecule has 0 unspecified atom stereocenters. The van der Waals surface area contributed by atoms with Gasteiger partial charge in [-0.3, -0.25) is 0 Å². The van der Waals surface area contributed by atoms with Crippen molar-refractivity contribution in [3.05, 3.63) is 0 Å². The van der Waals surface area contributed by atoms with Crippen molar-refractivity contribution in [1.29, 1.82) is 0 Å². The van der Waals surface area contributed by atoms with Gasteiger partial charge in [-0.2, -0.15) is 13.2 Å². The van der Waals surface area contributed by atoms with Crippen LogP contribution in [-0.2, 0) is 9.53 Å². The van der Waals surface area contributed by atoms with Crippen LogP contribution in [0.5, 0.6) is 0 Å². The second-order valence-corrected chi connectivity index (χ2v) is 3.10. The topological polar surface area (TPSA) is 26.3 Å². The van der Waals surface area contributed by atoms with Crippen LogP contribution in [0.3, 0.4) is 0 Å².